The van der Waals surface area contributed by atoms with E-state index in [0.717, 1.165) is 11.3 Å². The van der Waals surface area contributed by atoms with Gasteiger partial charge in [0, 0.05) is 0 Å². The minimum atomic E-state index is -0.887. The maximum absolute atomic E-state index is 11.0. The first-order valence-corrected chi connectivity index (χ1v) is 5.30. The lowest BCUT2D eigenvalue weighted by Crippen LogP contribution is -2.13. The van der Waals surface area contributed by atoms with Crippen LogP contribution in [0.25, 0.3) is 5.69 Å². The molecule has 1 heterocycles. The van der Waals surface area contributed by atoms with E-state index in [0.29, 0.717) is 5.69 Å². The highest BCUT2D eigenvalue weighted by atomic mass is 16.4. The van der Waals surface area contributed by atoms with Crippen LogP contribution in [0.4, 0.5) is 0 Å². The van der Waals surface area contributed by atoms with Crippen LogP contribution in [-0.4, -0.2) is 26.1 Å². The average molecular weight is 231 g/mol. The van der Waals surface area contributed by atoms with Crippen LogP contribution in [0.1, 0.15) is 24.1 Å². The van der Waals surface area contributed by atoms with Gasteiger partial charge >= 0.3 is 5.97 Å². The molecule has 88 valence electrons. The van der Waals surface area contributed by atoms with Crippen molar-refractivity contribution in [1.29, 1.82) is 0 Å². The van der Waals surface area contributed by atoms with Gasteiger partial charge in [0.2, 0.25) is 0 Å². The van der Waals surface area contributed by atoms with E-state index in [-0.39, 0.29) is 0 Å². The molecule has 1 unspecified atom stereocenters. The summed E-state index contributed by atoms with van der Waals surface area (Å²) in [5.74, 6) is -1.52. The van der Waals surface area contributed by atoms with Crippen molar-refractivity contribution >= 4 is 5.97 Å². The summed E-state index contributed by atoms with van der Waals surface area (Å²) in [5, 5.41) is 16.8. The van der Waals surface area contributed by atoms with Gasteiger partial charge in [-0.25, -0.2) is 4.68 Å². The highest BCUT2D eigenvalue weighted by molar-refractivity contribution is 5.75. The van der Waals surface area contributed by atoms with Gasteiger partial charge in [-0.3, -0.25) is 4.79 Å². The van der Waals surface area contributed by atoms with E-state index in [4.69, 9.17) is 5.11 Å². The molecule has 0 saturated carbocycles. The van der Waals surface area contributed by atoms with Gasteiger partial charge in [0.25, 0.3) is 0 Å². The van der Waals surface area contributed by atoms with E-state index in [1.165, 1.54) is 6.20 Å². The molecule has 0 fully saturated rings. The Labute approximate surface area is 98.7 Å². The third-order valence-electron chi connectivity index (χ3n) is 2.73. The summed E-state index contributed by atoms with van der Waals surface area (Å²) in [6.07, 6.45) is 1.49. The average Bonchev–Trinajstić information content (AvgIpc) is 2.77. The van der Waals surface area contributed by atoms with E-state index in [1.807, 2.05) is 31.2 Å². The molecule has 5 heteroatoms. The number of carboxylic acids is 1. The zero-order valence-corrected chi connectivity index (χ0v) is 9.66. The number of hydrogen-bond acceptors (Lipinski definition) is 3. The first kappa shape index (κ1) is 11.3. The summed E-state index contributed by atoms with van der Waals surface area (Å²) in [4.78, 5) is 11.0. The Morgan fingerprint density at radius 3 is 2.76 bits per heavy atom. The third-order valence-corrected chi connectivity index (χ3v) is 2.73. The number of hydrogen-bond donors (Lipinski definition) is 1. The first-order valence-electron chi connectivity index (χ1n) is 5.30. The molecule has 1 aromatic carbocycles. The second-order valence-corrected chi connectivity index (χ2v) is 3.92. The number of aryl methyl sites for hydroxylation is 1. The van der Waals surface area contributed by atoms with Crippen LogP contribution in [0.3, 0.4) is 0 Å². The summed E-state index contributed by atoms with van der Waals surface area (Å²) >= 11 is 0. The van der Waals surface area contributed by atoms with E-state index < -0.39 is 11.9 Å². The predicted octanol–water partition coefficient (Wildman–Crippen LogP) is 1.76. The fourth-order valence-corrected chi connectivity index (χ4v) is 1.65. The maximum atomic E-state index is 11.0. The first-order chi connectivity index (χ1) is 8.11. The second kappa shape index (κ2) is 4.37. The number of carbonyl (C=O) groups is 1. The third kappa shape index (κ3) is 2.04. The number of para-hydroxylation sites is 1. The molecule has 5 nitrogen and oxygen atoms in total. The smallest absolute Gasteiger partial charge is 0.312 e. The lowest BCUT2D eigenvalue weighted by Gasteiger charge is -2.11. The van der Waals surface area contributed by atoms with Gasteiger partial charge in [-0.1, -0.05) is 23.4 Å². The highest BCUT2D eigenvalue weighted by Crippen LogP contribution is 2.20. The normalized spacial score (nSPS) is 12.4. The van der Waals surface area contributed by atoms with Crippen LogP contribution in [-0.2, 0) is 4.79 Å². The largest absolute Gasteiger partial charge is 0.481 e. The molecule has 0 aliphatic heterocycles. The van der Waals surface area contributed by atoms with Crippen molar-refractivity contribution in [3.8, 4) is 5.69 Å². The summed E-state index contributed by atoms with van der Waals surface area (Å²) < 4.78 is 1.58. The van der Waals surface area contributed by atoms with Crippen LogP contribution in [0, 0.1) is 6.92 Å². The van der Waals surface area contributed by atoms with Crippen LogP contribution in [0.2, 0.25) is 0 Å². The summed E-state index contributed by atoms with van der Waals surface area (Å²) in [6, 6.07) is 7.66. The molecular weight excluding hydrogens is 218 g/mol. The van der Waals surface area contributed by atoms with Crippen molar-refractivity contribution in [2.24, 2.45) is 0 Å². The van der Waals surface area contributed by atoms with Crippen molar-refractivity contribution in [2.45, 2.75) is 19.8 Å². The monoisotopic (exact) mass is 231 g/mol. The number of benzene rings is 1. The molecule has 0 radical (unpaired) electrons. The number of carboxylic acid groups (broad SMARTS) is 1. The van der Waals surface area contributed by atoms with Gasteiger partial charge in [0.15, 0.2) is 0 Å². The molecule has 2 aromatic rings. The van der Waals surface area contributed by atoms with Crippen LogP contribution >= 0.6 is 0 Å². The van der Waals surface area contributed by atoms with E-state index in [1.54, 1.807) is 11.6 Å². The van der Waals surface area contributed by atoms with Crippen LogP contribution in [0.5, 0.6) is 0 Å². The number of rotatable bonds is 3. The van der Waals surface area contributed by atoms with Gasteiger partial charge in [0.05, 0.1) is 23.5 Å². The molecule has 0 bridgehead atoms. The number of aliphatic carboxylic acids is 1. The topological polar surface area (TPSA) is 68.0 Å². The molecule has 0 saturated heterocycles. The van der Waals surface area contributed by atoms with Gasteiger partial charge in [0.1, 0.15) is 0 Å². The maximum Gasteiger partial charge on any atom is 0.312 e. The van der Waals surface area contributed by atoms with Crippen molar-refractivity contribution in [1.82, 2.24) is 15.0 Å². The van der Waals surface area contributed by atoms with Gasteiger partial charge < -0.3 is 5.11 Å². The standard InChI is InChI=1S/C12H13N3O2/c1-8-5-3-4-6-10(8)15-11(7-13-14-15)9(2)12(16)17/h3-7,9H,1-2H3,(H,16,17). The van der Waals surface area contributed by atoms with Crippen molar-refractivity contribution in [3.05, 3.63) is 41.7 Å². The summed E-state index contributed by atoms with van der Waals surface area (Å²) in [5.41, 5.74) is 2.46. The molecule has 0 spiro atoms. The van der Waals surface area contributed by atoms with Crippen LogP contribution < -0.4 is 0 Å². The van der Waals surface area contributed by atoms with Crippen molar-refractivity contribution < 1.29 is 9.90 Å². The summed E-state index contributed by atoms with van der Waals surface area (Å²) in [6.45, 7) is 3.57. The highest BCUT2D eigenvalue weighted by Gasteiger charge is 2.20. The summed E-state index contributed by atoms with van der Waals surface area (Å²) in [7, 11) is 0. The Morgan fingerprint density at radius 2 is 2.12 bits per heavy atom. The number of nitrogens with zero attached hydrogens (tertiary/aromatic N) is 3. The molecule has 2 rings (SSSR count). The van der Waals surface area contributed by atoms with Gasteiger partial charge in [-0.15, -0.1) is 5.10 Å². The molecule has 0 amide bonds. The molecule has 17 heavy (non-hydrogen) atoms. The SMILES string of the molecule is Cc1ccccc1-n1nncc1C(C)C(=O)O. The zero-order chi connectivity index (χ0) is 12.4. The fourth-order valence-electron chi connectivity index (χ4n) is 1.65. The van der Waals surface area contributed by atoms with E-state index in [2.05, 4.69) is 10.3 Å². The van der Waals surface area contributed by atoms with E-state index in [9.17, 15) is 4.79 Å². The van der Waals surface area contributed by atoms with Crippen molar-refractivity contribution in [2.75, 3.05) is 0 Å². The lowest BCUT2D eigenvalue weighted by molar-refractivity contribution is -0.138. The van der Waals surface area contributed by atoms with E-state index >= 15 is 0 Å². The minimum Gasteiger partial charge on any atom is -0.481 e. The molecular formula is C12H13N3O2. The Kier molecular flexibility index (Phi) is 2.91. The second-order valence-electron chi connectivity index (χ2n) is 3.92. The van der Waals surface area contributed by atoms with Crippen molar-refractivity contribution in [3.63, 3.8) is 0 Å². The molecule has 1 atom stereocenters. The predicted molar refractivity (Wildman–Crippen MR) is 62.1 cm³/mol. The quantitative estimate of drug-likeness (QED) is 0.874. The number of aromatic nitrogens is 3. The fraction of sp³-hybridized carbons (Fsp3) is 0.250. The Balaban J connectivity index is 2.51. The molecule has 0 aliphatic carbocycles. The molecule has 0 aliphatic rings. The Hall–Kier alpha value is -2.17. The van der Waals surface area contributed by atoms with Gasteiger partial charge in [-0.2, -0.15) is 0 Å². The van der Waals surface area contributed by atoms with Crippen LogP contribution in [0.15, 0.2) is 30.5 Å². The minimum absolute atomic E-state index is 0.576. The molecule has 1 aromatic heterocycles. The van der Waals surface area contributed by atoms with Gasteiger partial charge in [-0.05, 0) is 25.5 Å². The lowest BCUT2D eigenvalue weighted by atomic mass is 10.1. The Bertz CT molecular complexity index is 548. The zero-order valence-electron chi connectivity index (χ0n) is 9.66. The molecule has 1 N–H and O–H groups in total. The Morgan fingerprint density at radius 1 is 1.41 bits per heavy atom.